The van der Waals surface area contributed by atoms with Crippen LogP contribution in [0.15, 0.2) is 15.9 Å². The predicted octanol–water partition coefficient (Wildman–Crippen LogP) is 2.18. The first-order valence-corrected chi connectivity index (χ1v) is 5.65. The van der Waals surface area contributed by atoms with E-state index in [2.05, 4.69) is 15.9 Å². The molecule has 4 heteroatoms. The van der Waals surface area contributed by atoms with Crippen LogP contribution in [0.25, 0.3) is 0 Å². The number of hydrogen-bond donors (Lipinski definition) is 0. The van der Waals surface area contributed by atoms with E-state index in [0.29, 0.717) is 13.0 Å². The highest BCUT2D eigenvalue weighted by Crippen LogP contribution is 2.23. The fourth-order valence-corrected chi connectivity index (χ4v) is 2.56. The molecule has 1 rings (SSSR count). The Bertz CT molecular complexity index is 296. The van der Waals surface area contributed by atoms with Gasteiger partial charge in [-0.05, 0) is 41.5 Å². The van der Waals surface area contributed by atoms with Gasteiger partial charge in [-0.15, -0.1) is 11.3 Å². The number of hydrogen-bond acceptors (Lipinski definition) is 3. The third kappa shape index (κ3) is 3.58. The molecule has 2 nitrogen and oxygen atoms in total. The normalized spacial score (nSPS) is 10.8. The number of thiophene rings is 1. The van der Waals surface area contributed by atoms with Gasteiger partial charge in [0.05, 0.1) is 6.54 Å². The van der Waals surface area contributed by atoms with Crippen LogP contribution in [-0.4, -0.2) is 31.3 Å². The molecule has 0 aliphatic rings. The summed E-state index contributed by atoms with van der Waals surface area (Å²) in [6, 6.07) is 1.98. The lowest BCUT2D eigenvalue weighted by Gasteiger charge is -2.07. The van der Waals surface area contributed by atoms with Gasteiger partial charge in [0.15, 0.2) is 5.78 Å². The summed E-state index contributed by atoms with van der Waals surface area (Å²) in [5.74, 6) is 0.258. The molecule has 0 aliphatic carbocycles. The van der Waals surface area contributed by atoms with Crippen molar-refractivity contribution in [2.75, 3.05) is 20.6 Å². The van der Waals surface area contributed by atoms with Gasteiger partial charge in [-0.2, -0.15) is 0 Å². The van der Waals surface area contributed by atoms with Gasteiger partial charge in [0.25, 0.3) is 0 Å². The highest BCUT2D eigenvalue weighted by molar-refractivity contribution is 9.10. The summed E-state index contributed by atoms with van der Waals surface area (Å²) in [5.41, 5.74) is 0. The topological polar surface area (TPSA) is 20.3 Å². The molecule has 0 unspecified atom stereocenters. The van der Waals surface area contributed by atoms with Gasteiger partial charge < -0.3 is 4.90 Å². The zero-order chi connectivity index (χ0) is 9.84. The molecule has 0 fully saturated rings. The lowest BCUT2D eigenvalue weighted by molar-refractivity contribution is -0.118. The van der Waals surface area contributed by atoms with Gasteiger partial charge >= 0.3 is 0 Å². The van der Waals surface area contributed by atoms with Gasteiger partial charge in [-0.3, -0.25) is 4.79 Å². The Hall–Kier alpha value is -0.190. The highest BCUT2D eigenvalue weighted by atomic mass is 79.9. The largest absolute Gasteiger partial charge is 0.302 e. The molecule has 0 saturated heterocycles. The maximum absolute atomic E-state index is 11.4. The Balaban J connectivity index is 2.50. The van der Waals surface area contributed by atoms with Gasteiger partial charge in [0.2, 0.25) is 0 Å². The minimum atomic E-state index is 0.258. The van der Waals surface area contributed by atoms with E-state index in [1.807, 2.05) is 30.4 Å². The summed E-state index contributed by atoms with van der Waals surface area (Å²) in [4.78, 5) is 14.4. The lowest BCUT2D eigenvalue weighted by atomic mass is 10.2. The number of carbonyl (C=O) groups excluding carboxylic acids is 1. The number of halogens is 1. The standard InChI is InChI=1S/C9H12BrNOS/c1-11(2)6-7(12)5-9-8(10)3-4-13-9/h3-4H,5-6H2,1-2H3. The third-order valence-corrected chi connectivity index (χ3v) is 3.47. The van der Waals surface area contributed by atoms with Crippen LogP contribution in [0.5, 0.6) is 0 Å². The molecule has 0 amide bonds. The smallest absolute Gasteiger partial charge is 0.152 e. The first-order chi connectivity index (χ1) is 6.09. The maximum atomic E-state index is 11.4. The number of likely N-dealkylation sites (N-methyl/N-ethyl adjacent to an activating group) is 1. The molecule has 0 saturated carbocycles. The Kier molecular flexibility index (Phi) is 4.09. The molecular formula is C9H12BrNOS. The average molecular weight is 262 g/mol. The van der Waals surface area contributed by atoms with Crippen molar-refractivity contribution < 1.29 is 4.79 Å². The van der Waals surface area contributed by atoms with Crippen LogP contribution in [0.4, 0.5) is 0 Å². The van der Waals surface area contributed by atoms with Gasteiger partial charge in [0, 0.05) is 15.8 Å². The minimum absolute atomic E-state index is 0.258. The van der Waals surface area contributed by atoms with Gasteiger partial charge in [-0.1, -0.05) is 0 Å². The van der Waals surface area contributed by atoms with Crippen LogP contribution < -0.4 is 0 Å². The number of carbonyl (C=O) groups is 1. The second-order valence-electron chi connectivity index (χ2n) is 3.14. The fraction of sp³-hybridized carbons (Fsp3) is 0.444. The summed E-state index contributed by atoms with van der Waals surface area (Å²) in [7, 11) is 3.81. The molecule has 0 aliphatic heterocycles. The van der Waals surface area contributed by atoms with Gasteiger partial charge in [-0.25, -0.2) is 0 Å². The number of rotatable bonds is 4. The van der Waals surface area contributed by atoms with Crippen molar-refractivity contribution in [3.8, 4) is 0 Å². The van der Waals surface area contributed by atoms with Crippen LogP contribution >= 0.6 is 27.3 Å². The van der Waals surface area contributed by atoms with Crippen LogP contribution in [0.3, 0.4) is 0 Å². The summed E-state index contributed by atoms with van der Waals surface area (Å²) >= 11 is 5.02. The van der Waals surface area contributed by atoms with Crippen molar-refractivity contribution in [2.24, 2.45) is 0 Å². The van der Waals surface area contributed by atoms with Crippen LogP contribution in [0.2, 0.25) is 0 Å². The first-order valence-electron chi connectivity index (χ1n) is 3.98. The third-order valence-electron chi connectivity index (χ3n) is 1.54. The van der Waals surface area contributed by atoms with Crippen molar-refractivity contribution in [1.29, 1.82) is 0 Å². The molecule has 0 aromatic carbocycles. The van der Waals surface area contributed by atoms with Crippen molar-refractivity contribution in [3.05, 3.63) is 20.8 Å². The van der Waals surface area contributed by atoms with E-state index in [0.717, 1.165) is 9.35 Å². The molecule has 1 heterocycles. The second-order valence-corrected chi connectivity index (χ2v) is 5.00. The molecule has 0 radical (unpaired) electrons. The Morgan fingerprint density at radius 1 is 1.62 bits per heavy atom. The van der Waals surface area contributed by atoms with E-state index in [4.69, 9.17) is 0 Å². The molecule has 0 bridgehead atoms. The second kappa shape index (κ2) is 4.88. The summed E-state index contributed by atoms with van der Waals surface area (Å²) in [6.07, 6.45) is 0.538. The molecule has 72 valence electrons. The Morgan fingerprint density at radius 2 is 2.31 bits per heavy atom. The minimum Gasteiger partial charge on any atom is -0.302 e. The number of nitrogens with zero attached hydrogens (tertiary/aromatic N) is 1. The molecule has 13 heavy (non-hydrogen) atoms. The molecular weight excluding hydrogens is 250 g/mol. The predicted molar refractivity (Wildman–Crippen MR) is 59.3 cm³/mol. The molecule has 1 aromatic heterocycles. The average Bonchev–Trinajstić information content (AvgIpc) is 2.34. The zero-order valence-electron chi connectivity index (χ0n) is 7.71. The molecule has 0 N–H and O–H groups in total. The Labute approximate surface area is 90.7 Å². The summed E-state index contributed by atoms with van der Waals surface area (Å²) in [5, 5.41) is 1.99. The number of Topliss-reactive ketones (excluding diaryl/α,β-unsaturated/α-hetero) is 1. The fourth-order valence-electron chi connectivity index (χ4n) is 1.04. The highest BCUT2D eigenvalue weighted by Gasteiger charge is 2.08. The van der Waals surface area contributed by atoms with Crippen LogP contribution in [-0.2, 0) is 11.2 Å². The van der Waals surface area contributed by atoms with E-state index in [1.165, 1.54) is 0 Å². The molecule has 0 atom stereocenters. The zero-order valence-corrected chi connectivity index (χ0v) is 10.1. The van der Waals surface area contributed by atoms with Crippen molar-refractivity contribution in [3.63, 3.8) is 0 Å². The molecule has 0 spiro atoms. The van der Waals surface area contributed by atoms with E-state index in [1.54, 1.807) is 11.3 Å². The van der Waals surface area contributed by atoms with Crippen molar-refractivity contribution in [2.45, 2.75) is 6.42 Å². The van der Waals surface area contributed by atoms with Crippen LogP contribution in [0, 0.1) is 0 Å². The first kappa shape index (κ1) is 10.9. The van der Waals surface area contributed by atoms with E-state index >= 15 is 0 Å². The summed E-state index contributed by atoms with van der Waals surface area (Å²) < 4.78 is 1.05. The van der Waals surface area contributed by atoms with E-state index in [-0.39, 0.29) is 5.78 Å². The Morgan fingerprint density at radius 3 is 2.77 bits per heavy atom. The van der Waals surface area contributed by atoms with Crippen molar-refractivity contribution in [1.82, 2.24) is 4.90 Å². The van der Waals surface area contributed by atoms with Crippen LogP contribution in [0.1, 0.15) is 4.88 Å². The van der Waals surface area contributed by atoms with Crippen molar-refractivity contribution >= 4 is 33.0 Å². The lowest BCUT2D eigenvalue weighted by Crippen LogP contribution is -2.22. The van der Waals surface area contributed by atoms with Gasteiger partial charge in [0.1, 0.15) is 0 Å². The quantitative estimate of drug-likeness (QED) is 0.829. The SMILES string of the molecule is CN(C)CC(=O)Cc1sccc1Br. The van der Waals surface area contributed by atoms with E-state index in [9.17, 15) is 4.79 Å². The maximum Gasteiger partial charge on any atom is 0.152 e. The number of ketones is 1. The summed E-state index contributed by atoms with van der Waals surface area (Å²) in [6.45, 7) is 0.518. The molecule has 1 aromatic rings. The van der Waals surface area contributed by atoms with E-state index < -0.39 is 0 Å². The monoisotopic (exact) mass is 261 g/mol.